The molecule has 0 N–H and O–H groups in total. The first kappa shape index (κ1) is 16.3. The van der Waals surface area contributed by atoms with Crippen molar-refractivity contribution in [1.29, 1.82) is 0 Å². The molecule has 30 heavy (non-hydrogen) atoms. The highest BCUT2D eigenvalue weighted by atomic mass is 16.5. The Morgan fingerprint density at radius 3 is 2.33 bits per heavy atom. The standard InChI is InChI=1S/C27H22N2O/c1-26(2)20-11-7-9-18-17-19-10-3-5-15-28(19)27(24(18)20)25-21(26)12-8-13-22(25)30-23-14-4-6-16-29(23)27/h3-16H,17H2,1-2H3/q+2. The molecule has 1 atom stereocenters. The summed E-state index contributed by atoms with van der Waals surface area (Å²) in [5.41, 5.74) is 7.51. The van der Waals surface area contributed by atoms with Crippen molar-refractivity contribution in [3.63, 3.8) is 0 Å². The first-order valence-electron chi connectivity index (χ1n) is 10.6. The Balaban J connectivity index is 1.79. The lowest BCUT2D eigenvalue weighted by molar-refractivity contribution is -0.978. The smallest absolute Gasteiger partial charge is 0.404 e. The molecule has 0 amide bonds. The van der Waals surface area contributed by atoms with E-state index in [0.29, 0.717) is 0 Å². The van der Waals surface area contributed by atoms with E-state index in [4.69, 9.17) is 4.74 Å². The van der Waals surface area contributed by atoms with Crippen LogP contribution in [0.3, 0.4) is 0 Å². The van der Waals surface area contributed by atoms with E-state index in [0.717, 1.165) is 18.1 Å². The van der Waals surface area contributed by atoms with Gasteiger partial charge in [0.05, 0.1) is 12.5 Å². The lowest BCUT2D eigenvalue weighted by atomic mass is 9.62. The number of benzene rings is 2. The minimum Gasteiger partial charge on any atom is -0.404 e. The molecule has 1 aliphatic carbocycles. The Hall–Kier alpha value is -3.46. The van der Waals surface area contributed by atoms with Crippen molar-refractivity contribution < 1.29 is 13.9 Å². The summed E-state index contributed by atoms with van der Waals surface area (Å²) in [6.45, 7) is 4.69. The summed E-state index contributed by atoms with van der Waals surface area (Å²) in [6.07, 6.45) is 5.34. The van der Waals surface area contributed by atoms with Gasteiger partial charge >= 0.3 is 11.5 Å². The Bertz CT molecular complexity index is 1280. The molecule has 1 spiro atoms. The third-order valence-electron chi connectivity index (χ3n) is 7.27. The van der Waals surface area contributed by atoms with Crippen LogP contribution < -0.4 is 13.9 Å². The van der Waals surface area contributed by atoms with Crippen LogP contribution in [0, 0.1) is 0 Å². The van der Waals surface area contributed by atoms with E-state index in [1.807, 2.05) is 0 Å². The lowest BCUT2D eigenvalue weighted by Gasteiger charge is -2.44. The Kier molecular flexibility index (Phi) is 2.82. The van der Waals surface area contributed by atoms with Gasteiger partial charge in [0, 0.05) is 23.6 Å². The zero-order chi connectivity index (χ0) is 20.1. The third kappa shape index (κ3) is 1.66. The molecule has 7 rings (SSSR count). The molecule has 2 aliphatic heterocycles. The van der Waals surface area contributed by atoms with Crippen molar-refractivity contribution in [2.24, 2.45) is 0 Å². The zero-order valence-electron chi connectivity index (χ0n) is 17.1. The molecular formula is C27H22N2O+2. The fraction of sp³-hybridized carbons (Fsp3) is 0.185. The first-order chi connectivity index (χ1) is 14.6. The third-order valence-corrected chi connectivity index (χ3v) is 7.27. The van der Waals surface area contributed by atoms with E-state index in [1.165, 1.54) is 33.5 Å². The largest absolute Gasteiger partial charge is 0.422 e. The molecule has 0 saturated carbocycles. The molecule has 3 heteroatoms. The summed E-state index contributed by atoms with van der Waals surface area (Å²) >= 11 is 0. The van der Waals surface area contributed by atoms with E-state index >= 15 is 0 Å². The van der Waals surface area contributed by atoms with Crippen LogP contribution in [0.4, 0.5) is 0 Å². The second kappa shape index (κ2) is 5.17. The quantitative estimate of drug-likeness (QED) is 0.355. The molecule has 144 valence electrons. The highest BCUT2D eigenvalue weighted by Crippen LogP contribution is 2.54. The van der Waals surface area contributed by atoms with Crippen molar-refractivity contribution in [3.8, 4) is 11.6 Å². The molecule has 0 saturated heterocycles. The Labute approximate surface area is 175 Å². The van der Waals surface area contributed by atoms with Gasteiger partial charge in [0.1, 0.15) is 11.1 Å². The minimum atomic E-state index is -0.489. The average molecular weight is 390 g/mol. The molecular weight excluding hydrogens is 368 g/mol. The molecule has 0 fully saturated rings. The van der Waals surface area contributed by atoms with Crippen molar-refractivity contribution in [2.75, 3.05) is 0 Å². The van der Waals surface area contributed by atoms with Crippen molar-refractivity contribution in [3.05, 3.63) is 119 Å². The summed E-state index contributed by atoms with van der Waals surface area (Å²) in [6, 6.07) is 26.2. The van der Waals surface area contributed by atoms with E-state index in [1.54, 1.807) is 0 Å². The number of ether oxygens (including phenoxy) is 1. The van der Waals surface area contributed by atoms with Gasteiger partial charge in [-0.15, -0.1) is 4.57 Å². The van der Waals surface area contributed by atoms with Gasteiger partial charge in [-0.2, -0.15) is 0 Å². The molecule has 3 nitrogen and oxygen atoms in total. The van der Waals surface area contributed by atoms with E-state index in [-0.39, 0.29) is 5.41 Å². The fourth-order valence-electron chi connectivity index (χ4n) is 6.07. The maximum atomic E-state index is 6.49. The molecule has 0 radical (unpaired) electrons. The summed E-state index contributed by atoms with van der Waals surface area (Å²) in [5.74, 6) is 1.82. The molecule has 3 aliphatic rings. The maximum Gasteiger partial charge on any atom is 0.422 e. The second-order valence-corrected chi connectivity index (χ2v) is 9.07. The highest BCUT2D eigenvalue weighted by Gasteiger charge is 2.68. The van der Waals surface area contributed by atoms with Gasteiger partial charge in [-0.05, 0) is 28.8 Å². The maximum absolute atomic E-state index is 6.49. The normalized spacial score (nSPS) is 20.9. The summed E-state index contributed by atoms with van der Waals surface area (Å²) in [4.78, 5) is 0. The number of hydrogen-bond acceptors (Lipinski definition) is 1. The van der Waals surface area contributed by atoms with Gasteiger partial charge in [-0.3, -0.25) is 0 Å². The molecule has 4 aromatic rings. The number of hydrogen-bond donors (Lipinski definition) is 0. The average Bonchev–Trinajstić information content (AvgIpc) is 2.77. The topological polar surface area (TPSA) is 17.0 Å². The van der Waals surface area contributed by atoms with Gasteiger partial charge in [0.2, 0.25) is 0 Å². The molecule has 0 bridgehead atoms. The lowest BCUT2D eigenvalue weighted by Crippen LogP contribution is -2.79. The van der Waals surface area contributed by atoms with Crippen molar-refractivity contribution >= 4 is 0 Å². The van der Waals surface area contributed by atoms with Crippen LogP contribution >= 0.6 is 0 Å². The fourth-order valence-corrected chi connectivity index (χ4v) is 6.07. The molecule has 2 aromatic heterocycles. The molecule has 4 heterocycles. The van der Waals surface area contributed by atoms with Crippen LogP contribution in [-0.2, 0) is 17.5 Å². The van der Waals surface area contributed by atoms with Crippen LogP contribution in [0.1, 0.15) is 47.4 Å². The summed E-state index contributed by atoms with van der Waals surface area (Å²) in [5, 5.41) is 0. The van der Waals surface area contributed by atoms with E-state index < -0.39 is 5.66 Å². The van der Waals surface area contributed by atoms with Gasteiger partial charge in [0.15, 0.2) is 23.8 Å². The number of pyridine rings is 2. The second-order valence-electron chi connectivity index (χ2n) is 9.07. The number of rotatable bonds is 0. The SMILES string of the molecule is CC1(C)c2cccc3c2C2(c4c(cccc41)Oc1cccc[n+]12)[n+]1ccccc1C3. The molecule has 2 aromatic carbocycles. The predicted molar refractivity (Wildman–Crippen MR) is 113 cm³/mol. The number of fused-ring (bicyclic) bond motifs is 2. The van der Waals surface area contributed by atoms with Gasteiger partial charge in [-0.1, -0.05) is 54.8 Å². The summed E-state index contributed by atoms with van der Waals surface area (Å²) in [7, 11) is 0. The van der Waals surface area contributed by atoms with Crippen LogP contribution in [0.2, 0.25) is 0 Å². The van der Waals surface area contributed by atoms with Gasteiger partial charge in [-0.25, -0.2) is 0 Å². The van der Waals surface area contributed by atoms with E-state index in [2.05, 4.69) is 108 Å². The van der Waals surface area contributed by atoms with Crippen LogP contribution in [-0.4, -0.2) is 0 Å². The monoisotopic (exact) mass is 390 g/mol. The van der Waals surface area contributed by atoms with Gasteiger partial charge < -0.3 is 4.74 Å². The van der Waals surface area contributed by atoms with Crippen LogP contribution in [0.15, 0.2) is 85.2 Å². The van der Waals surface area contributed by atoms with Crippen molar-refractivity contribution in [2.45, 2.75) is 31.3 Å². The first-order valence-corrected chi connectivity index (χ1v) is 10.6. The Morgan fingerprint density at radius 2 is 1.47 bits per heavy atom. The number of nitrogens with zero attached hydrogens (tertiary/aromatic N) is 2. The minimum absolute atomic E-state index is 0.108. The number of aromatic nitrogens is 2. The predicted octanol–water partition coefficient (Wildman–Crippen LogP) is 4.21. The summed E-state index contributed by atoms with van der Waals surface area (Å²) < 4.78 is 11.3. The van der Waals surface area contributed by atoms with E-state index in [9.17, 15) is 0 Å². The molecule has 1 unspecified atom stereocenters. The highest BCUT2D eigenvalue weighted by molar-refractivity contribution is 5.64. The van der Waals surface area contributed by atoms with Crippen LogP contribution in [0.25, 0.3) is 0 Å². The van der Waals surface area contributed by atoms with Gasteiger partial charge in [0.25, 0.3) is 0 Å². The van der Waals surface area contributed by atoms with Crippen molar-refractivity contribution in [1.82, 2.24) is 0 Å². The van der Waals surface area contributed by atoms with Crippen LogP contribution in [0.5, 0.6) is 11.6 Å². The Morgan fingerprint density at radius 1 is 0.733 bits per heavy atom. The zero-order valence-corrected chi connectivity index (χ0v) is 17.1.